The smallest absolute Gasteiger partial charge is 0.147 e. The molecule has 0 bridgehead atoms. The molecule has 2 aromatic rings. The number of pyridine rings is 1. The lowest BCUT2D eigenvalue weighted by molar-refractivity contribution is 0.267. The Morgan fingerprint density at radius 1 is 1.40 bits per heavy atom. The molecule has 0 saturated carbocycles. The van der Waals surface area contributed by atoms with Crippen LogP contribution in [-0.2, 0) is 19.6 Å². The van der Waals surface area contributed by atoms with Crippen molar-refractivity contribution < 1.29 is 5.11 Å². The van der Waals surface area contributed by atoms with Gasteiger partial charge in [-0.3, -0.25) is 4.68 Å². The van der Waals surface area contributed by atoms with Gasteiger partial charge in [-0.15, -0.1) is 0 Å². The molecule has 0 aliphatic carbocycles. The molecule has 0 radical (unpaired) electrons. The van der Waals surface area contributed by atoms with Gasteiger partial charge in [-0.1, -0.05) is 0 Å². The Bertz CT molecular complexity index is 685. The highest BCUT2D eigenvalue weighted by molar-refractivity contribution is 5.56. The second-order valence-electron chi connectivity index (χ2n) is 4.85. The predicted molar refractivity (Wildman–Crippen MR) is 72.9 cm³/mol. The van der Waals surface area contributed by atoms with Crippen LogP contribution in [-0.4, -0.2) is 26.5 Å². The van der Waals surface area contributed by atoms with E-state index in [1.165, 1.54) is 0 Å². The van der Waals surface area contributed by atoms with Gasteiger partial charge in [0.1, 0.15) is 11.9 Å². The molecule has 0 unspecified atom stereocenters. The number of rotatable bonds is 3. The molecule has 6 heteroatoms. The molecule has 1 N–H and O–H groups in total. The molecule has 20 heavy (non-hydrogen) atoms. The van der Waals surface area contributed by atoms with Crippen LogP contribution < -0.4 is 4.90 Å². The Hall–Kier alpha value is -2.39. The zero-order valence-electron chi connectivity index (χ0n) is 11.2. The Kier molecular flexibility index (Phi) is 3.12. The fourth-order valence-electron chi connectivity index (χ4n) is 2.52. The fraction of sp³-hybridized carbons (Fsp3) is 0.357. The Morgan fingerprint density at radius 3 is 3.00 bits per heavy atom. The minimum absolute atomic E-state index is 0.0697. The molecule has 0 amide bonds. The van der Waals surface area contributed by atoms with Crippen LogP contribution in [0.2, 0.25) is 0 Å². The van der Waals surface area contributed by atoms with Crippen molar-refractivity contribution in [2.45, 2.75) is 26.6 Å². The molecule has 0 atom stereocenters. The predicted octanol–water partition coefficient (Wildman–Crippen LogP) is 0.971. The molecule has 0 fully saturated rings. The normalized spacial score (nSPS) is 13.3. The van der Waals surface area contributed by atoms with E-state index in [9.17, 15) is 5.26 Å². The maximum atomic E-state index is 9.21. The first-order chi connectivity index (χ1) is 9.72. The van der Waals surface area contributed by atoms with E-state index in [2.05, 4.69) is 21.1 Å². The summed E-state index contributed by atoms with van der Waals surface area (Å²) in [4.78, 5) is 6.56. The summed E-state index contributed by atoms with van der Waals surface area (Å²) >= 11 is 0. The van der Waals surface area contributed by atoms with Gasteiger partial charge in [0.05, 0.1) is 37.2 Å². The largest absolute Gasteiger partial charge is 0.394 e. The van der Waals surface area contributed by atoms with Gasteiger partial charge >= 0.3 is 0 Å². The van der Waals surface area contributed by atoms with Crippen molar-refractivity contribution >= 4 is 5.82 Å². The summed E-state index contributed by atoms with van der Waals surface area (Å²) in [5, 5.41) is 22.5. The quantitative estimate of drug-likeness (QED) is 0.898. The molecular formula is C14H15N5O. The molecule has 2 aromatic heterocycles. The molecule has 0 aromatic carbocycles. The summed E-state index contributed by atoms with van der Waals surface area (Å²) in [6.45, 7) is 3.85. The van der Waals surface area contributed by atoms with Crippen LogP contribution in [0, 0.1) is 18.3 Å². The third-order valence-corrected chi connectivity index (χ3v) is 3.48. The van der Waals surface area contributed by atoms with Gasteiger partial charge in [0.2, 0.25) is 0 Å². The first-order valence-electron chi connectivity index (χ1n) is 6.50. The molecule has 3 heterocycles. The molecule has 3 rings (SSSR count). The fourth-order valence-corrected chi connectivity index (χ4v) is 2.52. The number of nitrogens with zero attached hydrogens (tertiary/aromatic N) is 5. The van der Waals surface area contributed by atoms with E-state index in [-0.39, 0.29) is 6.61 Å². The first-order valence-corrected chi connectivity index (χ1v) is 6.50. The molecule has 1 aliphatic rings. The van der Waals surface area contributed by atoms with Gasteiger partial charge in [0.25, 0.3) is 0 Å². The van der Waals surface area contributed by atoms with Gasteiger partial charge in [0, 0.05) is 17.8 Å². The molecule has 0 spiro atoms. The SMILES string of the molecule is Cc1ccc(C#N)c(N2Cc3cnn(CCO)c3C2)n1. The highest BCUT2D eigenvalue weighted by Crippen LogP contribution is 2.29. The average molecular weight is 269 g/mol. The minimum Gasteiger partial charge on any atom is -0.394 e. The molecule has 1 aliphatic heterocycles. The van der Waals surface area contributed by atoms with Gasteiger partial charge in [0.15, 0.2) is 0 Å². The van der Waals surface area contributed by atoms with Gasteiger partial charge < -0.3 is 10.0 Å². The zero-order chi connectivity index (χ0) is 14.1. The number of aromatic nitrogens is 3. The van der Waals surface area contributed by atoms with Crippen molar-refractivity contribution in [3.8, 4) is 6.07 Å². The number of hydrogen-bond donors (Lipinski definition) is 1. The van der Waals surface area contributed by atoms with Gasteiger partial charge in [-0.25, -0.2) is 4.98 Å². The number of anilines is 1. The number of hydrogen-bond acceptors (Lipinski definition) is 5. The van der Waals surface area contributed by atoms with E-state index in [0.717, 1.165) is 22.8 Å². The van der Waals surface area contributed by atoms with Crippen LogP contribution in [0.1, 0.15) is 22.5 Å². The van der Waals surface area contributed by atoms with Crippen LogP contribution in [0.4, 0.5) is 5.82 Å². The lowest BCUT2D eigenvalue weighted by atomic mass is 10.2. The lowest BCUT2D eigenvalue weighted by Gasteiger charge is -2.18. The Labute approximate surface area is 116 Å². The summed E-state index contributed by atoms with van der Waals surface area (Å²) in [5.41, 5.74) is 3.70. The number of aliphatic hydroxyl groups excluding tert-OH is 1. The second-order valence-corrected chi connectivity index (χ2v) is 4.85. The second kappa shape index (κ2) is 4.94. The van der Waals surface area contributed by atoms with Crippen molar-refractivity contribution in [3.05, 3.63) is 40.8 Å². The number of aryl methyl sites for hydroxylation is 1. The third kappa shape index (κ3) is 2.02. The molecule has 0 saturated heterocycles. The Balaban J connectivity index is 1.92. The summed E-state index contributed by atoms with van der Waals surface area (Å²) in [5.74, 6) is 0.722. The van der Waals surface area contributed by atoms with Crippen molar-refractivity contribution in [3.63, 3.8) is 0 Å². The highest BCUT2D eigenvalue weighted by atomic mass is 16.3. The standard InChI is InChI=1S/C14H15N5O/c1-10-2-3-11(6-15)14(17-10)18-8-12-7-16-19(4-5-20)13(12)9-18/h2-3,7,20H,4-5,8-9H2,1H3. The highest BCUT2D eigenvalue weighted by Gasteiger charge is 2.26. The van der Waals surface area contributed by atoms with Crippen molar-refractivity contribution in [2.75, 3.05) is 11.5 Å². The maximum Gasteiger partial charge on any atom is 0.147 e. The minimum atomic E-state index is 0.0697. The van der Waals surface area contributed by atoms with Crippen molar-refractivity contribution in [1.29, 1.82) is 5.26 Å². The van der Waals surface area contributed by atoms with Crippen LogP contribution in [0.25, 0.3) is 0 Å². The monoisotopic (exact) mass is 269 g/mol. The maximum absolute atomic E-state index is 9.21. The summed E-state index contributed by atoms with van der Waals surface area (Å²) in [7, 11) is 0. The van der Waals surface area contributed by atoms with Crippen LogP contribution in [0.3, 0.4) is 0 Å². The van der Waals surface area contributed by atoms with Crippen LogP contribution in [0.5, 0.6) is 0 Å². The van der Waals surface area contributed by atoms with Crippen LogP contribution in [0.15, 0.2) is 18.3 Å². The number of nitriles is 1. The van der Waals surface area contributed by atoms with Crippen molar-refractivity contribution in [2.24, 2.45) is 0 Å². The summed E-state index contributed by atoms with van der Waals surface area (Å²) in [6.07, 6.45) is 1.83. The first kappa shape index (κ1) is 12.6. The van der Waals surface area contributed by atoms with E-state index < -0.39 is 0 Å². The van der Waals surface area contributed by atoms with Crippen LogP contribution >= 0.6 is 0 Å². The molecule has 102 valence electrons. The topological polar surface area (TPSA) is 78.0 Å². The lowest BCUT2D eigenvalue weighted by Crippen LogP contribution is -2.20. The molecular weight excluding hydrogens is 254 g/mol. The van der Waals surface area contributed by atoms with E-state index >= 15 is 0 Å². The van der Waals surface area contributed by atoms with Gasteiger partial charge in [-0.2, -0.15) is 10.4 Å². The summed E-state index contributed by atoms with van der Waals surface area (Å²) < 4.78 is 1.82. The zero-order valence-corrected chi connectivity index (χ0v) is 11.2. The van der Waals surface area contributed by atoms with E-state index in [0.29, 0.717) is 25.2 Å². The van der Waals surface area contributed by atoms with E-state index in [4.69, 9.17) is 5.11 Å². The Morgan fingerprint density at radius 2 is 2.25 bits per heavy atom. The van der Waals surface area contributed by atoms with E-state index in [1.54, 1.807) is 6.07 Å². The van der Waals surface area contributed by atoms with Crippen molar-refractivity contribution in [1.82, 2.24) is 14.8 Å². The van der Waals surface area contributed by atoms with Gasteiger partial charge in [-0.05, 0) is 19.1 Å². The number of aliphatic hydroxyl groups is 1. The molecule has 6 nitrogen and oxygen atoms in total. The third-order valence-electron chi connectivity index (χ3n) is 3.48. The average Bonchev–Trinajstić information content (AvgIpc) is 3.01. The number of fused-ring (bicyclic) bond motifs is 1. The summed E-state index contributed by atoms with van der Waals surface area (Å²) in [6, 6.07) is 5.84. The van der Waals surface area contributed by atoms with E-state index in [1.807, 2.05) is 23.9 Å².